The van der Waals surface area contributed by atoms with Gasteiger partial charge in [0.15, 0.2) is 0 Å². The van der Waals surface area contributed by atoms with Gasteiger partial charge >= 0.3 is 7.12 Å². The van der Waals surface area contributed by atoms with E-state index in [1.807, 2.05) is 27.7 Å². The van der Waals surface area contributed by atoms with Gasteiger partial charge in [-0.05, 0) is 40.2 Å². The maximum Gasteiger partial charge on any atom is 0.525 e. The Morgan fingerprint density at radius 1 is 1.28 bits per heavy atom. The van der Waals surface area contributed by atoms with Crippen LogP contribution in [0.2, 0.25) is 0 Å². The van der Waals surface area contributed by atoms with Crippen molar-refractivity contribution in [3.8, 4) is 0 Å². The molecule has 102 valence electrons. The molecule has 0 radical (unpaired) electrons. The van der Waals surface area contributed by atoms with Crippen molar-refractivity contribution in [2.24, 2.45) is 0 Å². The number of rotatable bonds is 4. The smallest absolute Gasteiger partial charge is 0.398 e. The number of nitro groups is 1. The van der Waals surface area contributed by atoms with Crippen molar-refractivity contribution in [3.63, 3.8) is 0 Å². The first-order valence-electron chi connectivity index (χ1n) is 5.89. The van der Waals surface area contributed by atoms with E-state index < -0.39 is 29.0 Å². The Kier molecular flexibility index (Phi) is 4.17. The summed E-state index contributed by atoms with van der Waals surface area (Å²) in [6.07, 6.45) is 0.0584. The third-order valence-corrected chi connectivity index (χ3v) is 3.54. The summed E-state index contributed by atoms with van der Waals surface area (Å²) in [5.41, 5.74) is -1.49. The molecule has 0 spiro atoms. The van der Waals surface area contributed by atoms with Gasteiger partial charge in [0.05, 0.1) is 11.2 Å². The number of hydrogen-bond acceptors (Lipinski definition) is 4. The van der Waals surface area contributed by atoms with Crippen LogP contribution in [0, 0.1) is 10.1 Å². The van der Waals surface area contributed by atoms with Crippen LogP contribution in [0.15, 0.2) is 11.3 Å². The van der Waals surface area contributed by atoms with Gasteiger partial charge in [-0.15, -0.1) is 0 Å². The molecule has 1 saturated heterocycles. The second-order valence-corrected chi connectivity index (χ2v) is 5.52. The summed E-state index contributed by atoms with van der Waals surface area (Å²) in [5.74, 6) is 0. The monoisotopic (exact) mass is 259 g/mol. The molecule has 7 heteroatoms. The van der Waals surface area contributed by atoms with E-state index in [4.69, 9.17) is 9.31 Å². The molecule has 1 rings (SSSR count). The highest BCUT2D eigenvalue weighted by molar-refractivity contribution is 6.53. The van der Waals surface area contributed by atoms with E-state index in [0.717, 1.165) is 0 Å². The first-order valence-corrected chi connectivity index (χ1v) is 5.89. The van der Waals surface area contributed by atoms with E-state index in [2.05, 4.69) is 0 Å². The topological polar surface area (TPSA) is 61.6 Å². The SMILES string of the molecule is CC(CC[N+](=O)[O-])=C(F)B1OC(C)(C)C(C)(C)O1. The van der Waals surface area contributed by atoms with Crippen LogP contribution in [-0.2, 0) is 9.31 Å². The summed E-state index contributed by atoms with van der Waals surface area (Å²) in [7, 11) is -1.07. The fourth-order valence-electron chi connectivity index (χ4n) is 1.53. The zero-order valence-electron chi connectivity index (χ0n) is 11.4. The molecule has 0 saturated carbocycles. The summed E-state index contributed by atoms with van der Waals surface area (Å²) >= 11 is 0. The molecule has 1 aliphatic rings. The van der Waals surface area contributed by atoms with Crippen LogP contribution in [0.1, 0.15) is 41.0 Å². The molecule has 5 nitrogen and oxygen atoms in total. The van der Waals surface area contributed by atoms with Crippen LogP contribution in [0.25, 0.3) is 0 Å². The highest BCUT2D eigenvalue weighted by Gasteiger charge is 2.53. The maximum atomic E-state index is 14.0. The van der Waals surface area contributed by atoms with Crippen molar-refractivity contribution < 1.29 is 18.6 Å². The van der Waals surface area contributed by atoms with Crippen molar-refractivity contribution in [2.75, 3.05) is 6.54 Å². The van der Waals surface area contributed by atoms with Gasteiger partial charge in [-0.1, -0.05) is 0 Å². The molecule has 0 aromatic heterocycles. The van der Waals surface area contributed by atoms with Gasteiger partial charge in [0, 0.05) is 11.3 Å². The van der Waals surface area contributed by atoms with Crippen LogP contribution in [0.3, 0.4) is 0 Å². The zero-order chi connectivity index (χ0) is 14.1. The lowest BCUT2D eigenvalue weighted by molar-refractivity contribution is -0.479. The molecule has 0 N–H and O–H groups in total. The summed E-state index contributed by atoms with van der Waals surface area (Å²) in [4.78, 5) is 9.78. The highest BCUT2D eigenvalue weighted by Crippen LogP contribution is 2.39. The van der Waals surface area contributed by atoms with E-state index in [9.17, 15) is 14.5 Å². The van der Waals surface area contributed by atoms with Crippen LogP contribution in [-0.4, -0.2) is 29.8 Å². The first kappa shape index (κ1) is 15.1. The van der Waals surface area contributed by atoms with Crippen molar-refractivity contribution in [3.05, 3.63) is 21.4 Å². The summed E-state index contributed by atoms with van der Waals surface area (Å²) in [6, 6.07) is 0. The molecule has 0 unspecified atom stereocenters. The van der Waals surface area contributed by atoms with E-state index in [-0.39, 0.29) is 13.0 Å². The second kappa shape index (κ2) is 4.97. The first-order chi connectivity index (χ1) is 8.07. The molecular formula is C11H19BFNO4. The molecule has 1 aliphatic heterocycles. The summed E-state index contributed by atoms with van der Waals surface area (Å²) in [6.45, 7) is 8.53. The molecule has 0 amide bonds. The third-order valence-electron chi connectivity index (χ3n) is 3.54. The van der Waals surface area contributed by atoms with Crippen LogP contribution < -0.4 is 0 Å². The molecule has 1 heterocycles. The van der Waals surface area contributed by atoms with Gasteiger partial charge in [-0.2, -0.15) is 0 Å². The number of halogens is 1. The average Bonchev–Trinajstić information content (AvgIpc) is 2.43. The molecule has 0 aromatic carbocycles. The van der Waals surface area contributed by atoms with E-state index >= 15 is 0 Å². The number of nitrogens with zero attached hydrogens (tertiary/aromatic N) is 1. The van der Waals surface area contributed by atoms with Crippen LogP contribution in [0.5, 0.6) is 0 Å². The highest BCUT2D eigenvalue weighted by atomic mass is 19.1. The van der Waals surface area contributed by atoms with Crippen molar-refractivity contribution >= 4 is 7.12 Å². The van der Waals surface area contributed by atoms with Gasteiger partial charge < -0.3 is 9.31 Å². The normalized spacial score (nSPS) is 22.9. The molecule has 1 fully saturated rings. The van der Waals surface area contributed by atoms with E-state index in [1.165, 1.54) is 6.92 Å². The van der Waals surface area contributed by atoms with Gasteiger partial charge in [0.2, 0.25) is 6.54 Å². The van der Waals surface area contributed by atoms with Crippen molar-refractivity contribution in [2.45, 2.75) is 52.2 Å². The van der Waals surface area contributed by atoms with E-state index in [1.54, 1.807) is 0 Å². The average molecular weight is 259 g/mol. The lowest BCUT2D eigenvalue weighted by Crippen LogP contribution is -2.41. The lowest BCUT2D eigenvalue weighted by atomic mass is 9.84. The molecule has 0 aliphatic carbocycles. The molecule has 0 aromatic rings. The Balaban J connectivity index is 2.77. The summed E-state index contributed by atoms with van der Waals surface area (Å²) < 4.78 is 25.1. The van der Waals surface area contributed by atoms with Gasteiger partial charge in [-0.3, -0.25) is 10.1 Å². The standard InChI is InChI=1S/C11H19BFNO4/c1-8(6-7-14(15)16)9(13)12-17-10(2,3)11(4,5)18-12/h6-7H2,1-5H3. The summed E-state index contributed by atoms with van der Waals surface area (Å²) in [5, 5.41) is 10.3. The van der Waals surface area contributed by atoms with Crippen LogP contribution in [0.4, 0.5) is 4.39 Å². The minimum absolute atomic E-state index is 0.0584. The Labute approximate surface area is 107 Å². The minimum Gasteiger partial charge on any atom is -0.398 e. The molecule has 18 heavy (non-hydrogen) atoms. The fourth-order valence-corrected chi connectivity index (χ4v) is 1.53. The lowest BCUT2D eigenvalue weighted by Gasteiger charge is -2.32. The van der Waals surface area contributed by atoms with E-state index in [0.29, 0.717) is 5.57 Å². The Bertz CT molecular complexity index is 365. The van der Waals surface area contributed by atoms with Gasteiger partial charge in [0.25, 0.3) is 0 Å². The fraction of sp³-hybridized carbons (Fsp3) is 0.818. The minimum atomic E-state index is -1.07. The predicted molar refractivity (Wildman–Crippen MR) is 66.4 cm³/mol. The largest absolute Gasteiger partial charge is 0.525 e. The molecule has 0 atom stereocenters. The van der Waals surface area contributed by atoms with Crippen LogP contribution >= 0.6 is 0 Å². The van der Waals surface area contributed by atoms with Crippen molar-refractivity contribution in [1.29, 1.82) is 0 Å². The Morgan fingerprint density at radius 3 is 2.11 bits per heavy atom. The molecule has 0 bridgehead atoms. The van der Waals surface area contributed by atoms with Crippen molar-refractivity contribution in [1.82, 2.24) is 0 Å². The van der Waals surface area contributed by atoms with Gasteiger partial charge in [-0.25, -0.2) is 4.39 Å². The number of hydrogen-bond donors (Lipinski definition) is 0. The second-order valence-electron chi connectivity index (χ2n) is 5.52. The quantitative estimate of drug-likeness (QED) is 0.442. The zero-order valence-corrected chi connectivity index (χ0v) is 11.4. The molecular weight excluding hydrogens is 240 g/mol. The predicted octanol–water partition coefficient (Wildman–Crippen LogP) is 2.53. The third kappa shape index (κ3) is 3.08. The Hall–Kier alpha value is -0.945. The Morgan fingerprint density at radius 2 is 1.72 bits per heavy atom. The van der Waals surface area contributed by atoms with Gasteiger partial charge in [0.1, 0.15) is 5.73 Å². The maximum absolute atomic E-state index is 14.0.